The van der Waals surface area contributed by atoms with Crippen LogP contribution in [0.4, 0.5) is 0 Å². The van der Waals surface area contributed by atoms with Gasteiger partial charge in [0, 0.05) is 41.1 Å². The van der Waals surface area contributed by atoms with Crippen molar-refractivity contribution >= 4 is 21.0 Å². The van der Waals surface area contributed by atoms with E-state index < -0.39 is 10.0 Å². The van der Waals surface area contributed by atoms with Crippen LogP contribution >= 0.6 is 0 Å². The molecule has 2 N–H and O–H groups in total. The van der Waals surface area contributed by atoms with Gasteiger partial charge in [-0.15, -0.1) is 0 Å². The highest BCUT2D eigenvalue weighted by Crippen LogP contribution is 2.23. The number of sulfonamides is 1. The molecule has 2 heterocycles. The second-order valence-electron chi connectivity index (χ2n) is 7.78. The molecular formula is C21H25N3O4S. The summed E-state index contributed by atoms with van der Waals surface area (Å²) in [5.74, 6) is 0.738. The number of pyridine rings is 1. The standard InChI is InChI=1S/C21H25N3O4S/c1-13-18(14(2)28-23-13)11-15-7-9-20(17-8-10-21(25)22-19(17)12-15)29(26,27)24-16-5-3-4-6-16/h7-8,10,12,16,24H,3-6,9,11H2,1-2H3,(H,22,25). The lowest BCUT2D eigenvalue weighted by Gasteiger charge is -2.14. The molecule has 0 aliphatic heterocycles. The third kappa shape index (κ3) is 4.13. The van der Waals surface area contributed by atoms with Crippen molar-refractivity contribution in [1.82, 2.24) is 14.9 Å². The van der Waals surface area contributed by atoms with E-state index in [1.54, 1.807) is 6.07 Å². The number of nitrogens with zero attached hydrogens (tertiary/aromatic N) is 1. The molecule has 0 spiro atoms. The summed E-state index contributed by atoms with van der Waals surface area (Å²) in [5, 5.41) is 5.05. The van der Waals surface area contributed by atoms with Gasteiger partial charge >= 0.3 is 0 Å². The Morgan fingerprint density at radius 1 is 1.24 bits per heavy atom. The van der Waals surface area contributed by atoms with Crippen molar-refractivity contribution < 1.29 is 12.9 Å². The molecule has 0 bridgehead atoms. The Morgan fingerprint density at radius 3 is 2.69 bits per heavy atom. The van der Waals surface area contributed by atoms with Crippen LogP contribution in [0, 0.1) is 13.8 Å². The molecule has 0 atom stereocenters. The number of rotatable bonds is 5. The van der Waals surface area contributed by atoms with Crippen LogP contribution in [0.3, 0.4) is 0 Å². The first-order valence-corrected chi connectivity index (χ1v) is 11.4. The van der Waals surface area contributed by atoms with Crippen LogP contribution in [-0.4, -0.2) is 24.6 Å². The van der Waals surface area contributed by atoms with Gasteiger partial charge in [0.05, 0.1) is 10.6 Å². The highest BCUT2D eigenvalue weighted by molar-refractivity contribution is 7.98. The van der Waals surface area contributed by atoms with Crippen molar-refractivity contribution in [2.45, 2.75) is 58.4 Å². The SMILES string of the molecule is Cc1noc(C)c1CC1=CCC(S(=O)(=O)NC2CCCC2)=c2ccc(=O)[nH]c2=C1. The normalized spacial score (nSPS) is 17.6. The van der Waals surface area contributed by atoms with Crippen LogP contribution < -0.4 is 20.8 Å². The topological polar surface area (TPSA) is 105 Å². The minimum Gasteiger partial charge on any atom is -0.361 e. The van der Waals surface area contributed by atoms with Crippen LogP contribution in [0.15, 0.2) is 33.1 Å². The van der Waals surface area contributed by atoms with Crippen LogP contribution in [-0.2, 0) is 16.4 Å². The van der Waals surface area contributed by atoms with E-state index in [2.05, 4.69) is 14.9 Å². The molecule has 4 rings (SSSR count). The van der Waals surface area contributed by atoms with E-state index in [1.807, 2.05) is 26.0 Å². The lowest BCUT2D eigenvalue weighted by Crippen LogP contribution is -2.40. The molecular weight excluding hydrogens is 390 g/mol. The minimum atomic E-state index is -3.67. The molecule has 1 fully saturated rings. The molecule has 154 valence electrons. The van der Waals surface area contributed by atoms with Gasteiger partial charge in [0.2, 0.25) is 15.6 Å². The average molecular weight is 416 g/mol. The Labute approximate surface area is 169 Å². The van der Waals surface area contributed by atoms with Crippen molar-refractivity contribution in [3.05, 3.63) is 61.7 Å². The van der Waals surface area contributed by atoms with Gasteiger partial charge in [-0.05, 0) is 44.4 Å². The Balaban J connectivity index is 1.78. The average Bonchev–Trinajstić information content (AvgIpc) is 3.22. The number of H-pyrrole nitrogens is 1. The molecule has 2 aromatic rings. The fourth-order valence-electron chi connectivity index (χ4n) is 4.10. The fourth-order valence-corrected chi connectivity index (χ4v) is 5.68. The molecule has 0 aromatic carbocycles. The van der Waals surface area contributed by atoms with Crippen LogP contribution in [0.25, 0.3) is 11.0 Å². The van der Waals surface area contributed by atoms with Gasteiger partial charge in [0.15, 0.2) is 0 Å². The Hall–Kier alpha value is -2.45. The van der Waals surface area contributed by atoms with E-state index in [0.717, 1.165) is 48.3 Å². The summed E-state index contributed by atoms with van der Waals surface area (Å²) in [6.07, 6.45) is 8.39. The minimum absolute atomic E-state index is 0.0169. The number of nitrogens with one attached hydrogen (secondary N) is 2. The Morgan fingerprint density at radius 2 is 2.00 bits per heavy atom. The van der Waals surface area contributed by atoms with Gasteiger partial charge in [0.25, 0.3) is 0 Å². The predicted molar refractivity (Wildman–Crippen MR) is 111 cm³/mol. The van der Waals surface area contributed by atoms with Crippen molar-refractivity contribution in [1.29, 1.82) is 0 Å². The fraction of sp³-hybridized carbons (Fsp3) is 0.429. The molecule has 2 aromatic heterocycles. The number of hydrogen-bond acceptors (Lipinski definition) is 5. The van der Waals surface area contributed by atoms with Crippen LogP contribution in [0.1, 0.15) is 49.1 Å². The van der Waals surface area contributed by atoms with Gasteiger partial charge in [-0.25, -0.2) is 13.1 Å². The van der Waals surface area contributed by atoms with E-state index in [9.17, 15) is 13.2 Å². The predicted octanol–water partition coefficient (Wildman–Crippen LogP) is 1.30. The molecule has 0 radical (unpaired) electrons. The Bertz CT molecular complexity index is 1230. The quantitative estimate of drug-likeness (QED) is 0.766. The molecule has 2 aliphatic rings. The molecule has 29 heavy (non-hydrogen) atoms. The summed E-state index contributed by atoms with van der Waals surface area (Å²) >= 11 is 0. The third-order valence-electron chi connectivity index (χ3n) is 5.69. The maximum atomic E-state index is 13.2. The molecule has 0 amide bonds. The number of fused-ring (bicyclic) bond motifs is 1. The lowest BCUT2D eigenvalue weighted by molar-refractivity contribution is 0.392. The van der Waals surface area contributed by atoms with Gasteiger partial charge in [0.1, 0.15) is 5.76 Å². The number of hydrogen-bond donors (Lipinski definition) is 2. The van der Waals surface area contributed by atoms with E-state index in [-0.39, 0.29) is 18.0 Å². The highest BCUT2D eigenvalue weighted by Gasteiger charge is 2.26. The second kappa shape index (κ2) is 7.76. The summed E-state index contributed by atoms with van der Waals surface area (Å²) in [4.78, 5) is 15.0. The van der Waals surface area contributed by atoms with Gasteiger partial charge in [-0.3, -0.25) is 4.79 Å². The molecule has 8 heteroatoms. The van der Waals surface area contributed by atoms with E-state index in [0.29, 0.717) is 21.9 Å². The maximum Gasteiger partial charge on any atom is 0.248 e. The smallest absolute Gasteiger partial charge is 0.248 e. The zero-order valence-electron chi connectivity index (χ0n) is 16.6. The summed E-state index contributed by atoms with van der Waals surface area (Å²) in [5.41, 5.74) is 2.43. The molecule has 0 saturated heterocycles. The zero-order chi connectivity index (χ0) is 20.6. The number of aromatic nitrogens is 2. The van der Waals surface area contributed by atoms with Crippen LogP contribution in [0.2, 0.25) is 0 Å². The van der Waals surface area contributed by atoms with Gasteiger partial charge < -0.3 is 9.51 Å². The van der Waals surface area contributed by atoms with E-state index >= 15 is 0 Å². The number of allylic oxidation sites excluding steroid dienone is 2. The van der Waals surface area contributed by atoms with Gasteiger partial charge in [-0.1, -0.05) is 24.1 Å². The van der Waals surface area contributed by atoms with Gasteiger partial charge in [-0.2, -0.15) is 0 Å². The summed E-state index contributed by atoms with van der Waals surface area (Å²) in [7, 11) is -3.67. The number of aryl methyl sites for hydroxylation is 2. The lowest BCUT2D eigenvalue weighted by atomic mass is 10.0. The molecule has 0 unspecified atom stereocenters. The zero-order valence-corrected chi connectivity index (χ0v) is 17.4. The van der Waals surface area contributed by atoms with Crippen molar-refractivity contribution in [3.63, 3.8) is 0 Å². The van der Waals surface area contributed by atoms with E-state index in [4.69, 9.17) is 4.52 Å². The second-order valence-corrected chi connectivity index (χ2v) is 9.52. The number of aromatic amines is 1. The largest absolute Gasteiger partial charge is 0.361 e. The third-order valence-corrected chi connectivity index (χ3v) is 7.37. The van der Waals surface area contributed by atoms with Crippen LogP contribution in [0.5, 0.6) is 0 Å². The summed E-state index contributed by atoms with van der Waals surface area (Å²) < 4.78 is 34.4. The maximum absolute atomic E-state index is 13.2. The first-order chi connectivity index (χ1) is 13.8. The van der Waals surface area contributed by atoms with Crippen molar-refractivity contribution in [2.75, 3.05) is 0 Å². The van der Waals surface area contributed by atoms with E-state index in [1.165, 1.54) is 6.07 Å². The first-order valence-electron chi connectivity index (χ1n) is 9.91. The molecule has 2 aliphatic carbocycles. The first kappa shape index (κ1) is 19.8. The monoisotopic (exact) mass is 415 g/mol. The molecule has 1 saturated carbocycles. The van der Waals surface area contributed by atoms with Crippen molar-refractivity contribution in [2.24, 2.45) is 0 Å². The Kier molecular flexibility index (Phi) is 5.31. The molecule has 7 nitrogen and oxygen atoms in total. The van der Waals surface area contributed by atoms with Crippen molar-refractivity contribution in [3.8, 4) is 0 Å². The highest BCUT2D eigenvalue weighted by atomic mass is 32.2. The summed E-state index contributed by atoms with van der Waals surface area (Å²) in [6, 6.07) is 2.95. The summed E-state index contributed by atoms with van der Waals surface area (Å²) in [6.45, 7) is 3.74.